The molecule has 1 saturated heterocycles. The molecule has 0 N–H and O–H groups in total. The summed E-state index contributed by atoms with van der Waals surface area (Å²) >= 11 is 12.0. The summed E-state index contributed by atoms with van der Waals surface area (Å²) in [6.07, 6.45) is 1.52. The Kier molecular flexibility index (Phi) is 4.98. The molecule has 1 saturated carbocycles. The molecule has 0 bridgehead atoms. The fourth-order valence-electron chi connectivity index (χ4n) is 4.03. The number of carbonyl (C=O) groups is 2. The molecule has 1 spiro atoms. The number of nitrogens with zero attached hydrogens (tertiary/aromatic N) is 2. The first kappa shape index (κ1) is 19.1. The number of benzene rings is 2. The van der Waals surface area contributed by atoms with E-state index in [0.29, 0.717) is 16.6 Å². The Labute approximate surface area is 173 Å². The number of ether oxygens (including phenoxy) is 1. The highest BCUT2D eigenvalue weighted by Crippen LogP contribution is 2.50. The number of anilines is 1. The smallest absolute Gasteiger partial charge is 0.330 e. The first-order valence-electron chi connectivity index (χ1n) is 9.09. The first-order valence-corrected chi connectivity index (χ1v) is 9.85. The lowest BCUT2D eigenvalue weighted by Gasteiger charge is -2.47. The maximum absolute atomic E-state index is 13.1. The zero-order chi connectivity index (χ0) is 19.9. The monoisotopic (exact) mass is 418 g/mol. The average Bonchev–Trinajstić information content (AvgIpc) is 3.47. The van der Waals surface area contributed by atoms with Crippen molar-refractivity contribution >= 4 is 40.8 Å². The number of amides is 1. The first-order chi connectivity index (χ1) is 13.4. The molecule has 1 heterocycles. The third-order valence-electron chi connectivity index (χ3n) is 5.56. The summed E-state index contributed by atoms with van der Waals surface area (Å²) in [7, 11) is 1.39. The Hall–Kier alpha value is -2.24. The van der Waals surface area contributed by atoms with Crippen molar-refractivity contribution in [2.24, 2.45) is 0 Å². The van der Waals surface area contributed by atoms with Crippen LogP contribution in [-0.4, -0.2) is 42.0 Å². The number of methoxy groups -OCH3 is 1. The summed E-state index contributed by atoms with van der Waals surface area (Å²) in [6, 6.07) is 14.1. The van der Waals surface area contributed by atoms with Gasteiger partial charge in [0.15, 0.2) is 6.04 Å². The minimum absolute atomic E-state index is 0.0115. The predicted octanol–water partition coefficient (Wildman–Crippen LogP) is 3.92. The maximum Gasteiger partial charge on any atom is 0.330 e. The molecule has 5 nitrogen and oxygen atoms in total. The van der Waals surface area contributed by atoms with E-state index in [4.69, 9.17) is 27.9 Å². The zero-order valence-corrected chi connectivity index (χ0v) is 16.9. The van der Waals surface area contributed by atoms with E-state index in [1.807, 2.05) is 46.2 Å². The van der Waals surface area contributed by atoms with E-state index in [-0.39, 0.29) is 18.4 Å². The highest BCUT2D eigenvalue weighted by Gasteiger charge is 2.63. The van der Waals surface area contributed by atoms with Crippen LogP contribution in [0.15, 0.2) is 48.5 Å². The fourth-order valence-corrected chi connectivity index (χ4v) is 4.28. The van der Waals surface area contributed by atoms with Gasteiger partial charge in [0, 0.05) is 22.3 Å². The van der Waals surface area contributed by atoms with E-state index in [1.165, 1.54) is 7.11 Å². The average molecular weight is 419 g/mol. The number of rotatable bonds is 4. The number of hydrogen-bond acceptors (Lipinski definition) is 4. The van der Waals surface area contributed by atoms with E-state index >= 15 is 0 Å². The van der Waals surface area contributed by atoms with Crippen molar-refractivity contribution in [1.82, 2.24) is 4.90 Å². The molecular weight excluding hydrogens is 399 g/mol. The molecule has 7 heteroatoms. The van der Waals surface area contributed by atoms with Crippen molar-refractivity contribution in [3.8, 4) is 0 Å². The van der Waals surface area contributed by atoms with Gasteiger partial charge in [-0.05, 0) is 54.8 Å². The molecule has 1 atom stereocenters. The Morgan fingerprint density at radius 1 is 1.07 bits per heavy atom. The minimum Gasteiger partial charge on any atom is -0.467 e. The Morgan fingerprint density at radius 2 is 1.64 bits per heavy atom. The largest absolute Gasteiger partial charge is 0.467 e. The molecular formula is C21H20Cl2N2O3. The number of halogens is 2. The van der Waals surface area contributed by atoms with Crippen molar-refractivity contribution in [2.45, 2.75) is 31.0 Å². The molecule has 2 aromatic rings. The molecule has 1 aliphatic heterocycles. The SMILES string of the molecule is COC(=O)C1N(c2ccc(Cl)cc2)CC(=O)N(Cc2ccc(Cl)cc2)C12CC2. The van der Waals surface area contributed by atoms with Crippen LogP contribution in [0.2, 0.25) is 10.0 Å². The van der Waals surface area contributed by atoms with Crippen LogP contribution >= 0.6 is 23.2 Å². The fraction of sp³-hybridized carbons (Fsp3) is 0.333. The molecule has 1 aliphatic carbocycles. The van der Waals surface area contributed by atoms with Crippen molar-refractivity contribution < 1.29 is 14.3 Å². The maximum atomic E-state index is 13.1. The Morgan fingerprint density at radius 3 is 2.18 bits per heavy atom. The topological polar surface area (TPSA) is 49.9 Å². The van der Waals surface area contributed by atoms with Gasteiger partial charge in [-0.1, -0.05) is 35.3 Å². The number of hydrogen-bond donors (Lipinski definition) is 0. The van der Waals surface area contributed by atoms with Gasteiger partial charge < -0.3 is 14.5 Å². The molecule has 28 heavy (non-hydrogen) atoms. The quantitative estimate of drug-likeness (QED) is 0.706. The van der Waals surface area contributed by atoms with Crippen LogP contribution in [0, 0.1) is 0 Å². The van der Waals surface area contributed by atoms with Gasteiger partial charge in [-0.15, -0.1) is 0 Å². The van der Waals surface area contributed by atoms with Gasteiger partial charge in [-0.3, -0.25) is 4.79 Å². The molecule has 2 aromatic carbocycles. The Balaban J connectivity index is 1.69. The lowest BCUT2D eigenvalue weighted by atomic mass is 9.96. The molecule has 1 amide bonds. The second-order valence-electron chi connectivity index (χ2n) is 7.24. The van der Waals surface area contributed by atoms with Crippen LogP contribution in [0.4, 0.5) is 5.69 Å². The molecule has 4 rings (SSSR count). The third-order valence-corrected chi connectivity index (χ3v) is 6.07. The molecule has 0 aromatic heterocycles. The summed E-state index contributed by atoms with van der Waals surface area (Å²) in [6.45, 7) is 0.550. The van der Waals surface area contributed by atoms with E-state index in [0.717, 1.165) is 24.1 Å². The van der Waals surface area contributed by atoms with E-state index in [9.17, 15) is 9.59 Å². The highest BCUT2D eigenvalue weighted by atomic mass is 35.5. The third kappa shape index (κ3) is 3.33. The molecule has 2 aliphatic rings. The second kappa shape index (κ2) is 7.30. The van der Waals surface area contributed by atoms with Crippen LogP contribution in [-0.2, 0) is 20.9 Å². The number of piperazine rings is 1. The van der Waals surface area contributed by atoms with Gasteiger partial charge in [0.2, 0.25) is 5.91 Å². The van der Waals surface area contributed by atoms with Crippen LogP contribution < -0.4 is 4.90 Å². The van der Waals surface area contributed by atoms with Gasteiger partial charge in [0.05, 0.1) is 19.2 Å². The molecule has 0 radical (unpaired) electrons. The lowest BCUT2D eigenvalue weighted by Crippen LogP contribution is -2.66. The van der Waals surface area contributed by atoms with Gasteiger partial charge in [0.25, 0.3) is 0 Å². The van der Waals surface area contributed by atoms with Crippen LogP contribution in [0.25, 0.3) is 0 Å². The van der Waals surface area contributed by atoms with Crippen LogP contribution in [0.1, 0.15) is 18.4 Å². The summed E-state index contributed by atoms with van der Waals surface area (Å²) in [5.74, 6) is -0.344. The normalized spacial score (nSPS) is 20.4. The van der Waals surface area contributed by atoms with Crippen molar-refractivity contribution in [2.75, 3.05) is 18.6 Å². The van der Waals surface area contributed by atoms with Gasteiger partial charge in [-0.2, -0.15) is 0 Å². The number of esters is 1. The van der Waals surface area contributed by atoms with E-state index in [2.05, 4.69) is 0 Å². The Bertz CT molecular complexity index is 895. The predicted molar refractivity (Wildman–Crippen MR) is 109 cm³/mol. The van der Waals surface area contributed by atoms with E-state index in [1.54, 1.807) is 12.1 Å². The van der Waals surface area contributed by atoms with Gasteiger partial charge in [-0.25, -0.2) is 4.79 Å². The molecule has 2 fully saturated rings. The summed E-state index contributed by atoms with van der Waals surface area (Å²) in [5.41, 5.74) is 1.21. The second-order valence-corrected chi connectivity index (χ2v) is 8.11. The summed E-state index contributed by atoms with van der Waals surface area (Å²) < 4.78 is 5.13. The standard InChI is InChI=1S/C21H20Cl2N2O3/c1-28-20(27)19-21(10-11-21)25(12-14-2-4-15(22)5-3-14)18(26)13-24(19)17-8-6-16(23)7-9-17/h2-9,19H,10-13H2,1H3. The van der Waals surface area contributed by atoms with Gasteiger partial charge in [0.1, 0.15) is 0 Å². The van der Waals surface area contributed by atoms with Gasteiger partial charge >= 0.3 is 5.97 Å². The van der Waals surface area contributed by atoms with Crippen LogP contribution in [0.5, 0.6) is 0 Å². The van der Waals surface area contributed by atoms with Crippen LogP contribution in [0.3, 0.4) is 0 Å². The summed E-state index contributed by atoms with van der Waals surface area (Å²) in [5, 5.41) is 1.25. The van der Waals surface area contributed by atoms with Crippen molar-refractivity contribution in [1.29, 1.82) is 0 Å². The minimum atomic E-state index is -0.554. The summed E-state index contributed by atoms with van der Waals surface area (Å²) in [4.78, 5) is 29.6. The molecule has 146 valence electrons. The molecule has 1 unspecified atom stereocenters. The van der Waals surface area contributed by atoms with Crippen molar-refractivity contribution in [3.05, 3.63) is 64.1 Å². The van der Waals surface area contributed by atoms with Crippen molar-refractivity contribution in [3.63, 3.8) is 0 Å². The van der Waals surface area contributed by atoms with E-state index < -0.39 is 11.6 Å². The highest BCUT2D eigenvalue weighted by molar-refractivity contribution is 6.30. The lowest BCUT2D eigenvalue weighted by molar-refractivity contribution is -0.150. The number of carbonyl (C=O) groups excluding carboxylic acids is 2. The zero-order valence-electron chi connectivity index (χ0n) is 15.4.